The second kappa shape index (κ2) is 10.2. The van der Waals surface area contributed by atoms with E-state index in [-0.39, 0.29) is 0 Å². The van der Waals surface area contributed by atoms with Crippen LogP contribution in [0.25, 0.3) is 0 Å². The Hall–Kier alpha value is -2.69. The smallest absolute Gasteiger partial charge is 0.326 e. The van der Waals surface area contributed by atoms with Crippen LogP contribution in [-0.4, -0.2) is 59.4 Å². The number of primary amides is 1. The predicted molar refractivity (Wildman–Crippen MR) is 86.8 cm³/mol. The molecule has 0 spiro atoms. The first-order chi connectivity index (χ1) is 11.5. The van der Waals surface area contributed by atoms with Crippen molar-refractivity contribution in [3.63, 3.8) is 0 Å². The van der Waals surface area contributed by atoms with E-state index in [1.165, 1.54) is 6.92 Å². The molecule has 0 bridgehead atoms. The maximum absolute atomic E-state index is 12.2. The third-order valence-electron chi connectivity index (χ3n) is 3.12. The van der Waals surface area contributed by atoms with Crippen molar-refractivity contribution in [2.45, 2.75) is 45.3 Å². The molecule has 0 rings (SSSR count). The van der Waals surface area contributed by atoms with Crippen molar-refractivity contribution in [3.8, 4) is 0 Å². The molecule has 0 aromatic rings. The number of carboxylic acids is 1. The molecule has 3 unspecified atom stereocenters. The van der Waals surface area contributed by atoms with Crippen molar-refractivity contribution in [3.05, 3.63) is 0 Å². The molecule has 8 N–H and O–H groups in total. The first-order valence-corrected chi connectivity index (χ1v) is 7.59. The van der Waals surface area contributed by atoms with E-state index in [9.17, 15) is 24.0 Å². The van der Waals surface area contributed by atoms with Gasteiger partial charge in [0.05, 0.1) is 19.0 Å². The van der Waals surface area contributed by atoms with E-state index in [4.69, 9.17) is 16.6 Å². The summed E-state index contributed by atoms with van der Waals surface area (Å²) < 4.78 is 0. The molecule has 11 nitrogen and oxygen atoms in total. The van der Waals surface area contributed by atoms with Gasteiger partial charge in [0.2, 0.25) is 23.6 Å². The van der Waals surface area contributed by atoms with Crippen LogP contribution < -0.4 is 27.4 Å². The van der Waals surface area contributed by atoms with Gasteiger partial charge in [0.15, 0.2) is 0 Å². The van der Waals surface area contributed by atoms with Crippen molar-refractivity contribution >= 4 is 29.6 Å². The SMILES string of the molecule is CC(N)C(=O)NCC(=O)NC(CC(N)=O)C(=O)NC(C(=O)O)C(C)C. The van der Waals surface area contributed by atoms with Gasteiger partial charge in [0.25, 0.3) is 0 Å². The Morgan fingerprint density at radius 2 is 1.56 bits per heavy atom. The van der Waals surface area contributed by atoms with Crippen LogP contribution in [0.3, 0.4) is 0 Å². The Labute approximate surface area is 144 Å². The molecule has 0 fully saturated rings. The summed E-state index contributed by atoms with van der Waals surface area (Å²) in [5.41, 5.74) is 10.4. The highest BCUT2D eigenvalue weighted by molar-refractivity contribution is 5.94. The summed E-state index contributed by atoms with van der Waals surface area (Å²) in [6.45, 7) is 4.14. The van der Waals surface area contributed by atoms with E-state index in [0.29, 0.717) is 0 Å². The molecule has 0 aliphatic carbocycles. The fraction of sp³-hybridized carbons (Fsp3) is 0.643. The van der Waals surface area contributed by atoms with Crippen molar-refractivity contribution in [1.82, 2.24) is 16.0 Å². The summed E-state index contributed by atoms with van der Waals surface area (Å²) >= 11 is 0. The van der Waals surface area contributed by atoms with Gasteiger partial charge in [-0.05, 0) is 12.8 Å². The molecule has 142 valence electrons. The largest absolute Gasteiger partial charge is 0.480 e. The number of amides is 4. The Bertz CT molecular complexity index is 534. The highest BCUT2D eigenvalue weighted by atomic mass is 16.4. The number of nitrogens with one attached hydrogen (secondary N) is 3. The van der Waals surface area contributed by atoms with Gasteiger partial charge in [-0.2, -0.15) is 0 Å². The summed E-state index contributed by atoms with van der Waals surface area (Å²) in [5, 5.41) is 15.8. The number of aliphatic carboxylic acids is 1. The zero-order valence-corrected chi connectivity index (χ0v) is 14.4. The number of rotatable bonds is 10. The number of nitrogens with two attached hydrogens (primary N) is 2. The Balaban J connectivity index is 4.90. The van der Waals surface area contributed by atoms with Crippen LogP contribution in [0.1, 0.15) is 27.2 Å². The molecule has 25 heavy (non-hydrogen) atoms. The van der Waals surface area contributed by atoms with Crippen molar-refractivity contribution < 1.29 is 29.1 Å². The Kier molecular flexibility index (Phi) is 9.13. The zero-order chi connectivity index (χ0) is 19.7. The maximum atomic E-state index is 12.2. The van der Waals surface area contributed by atoms with E-state index in [1.54, 1.807) is 13.8 Å². The lowest BCUT2D eigenvalue weighted by Gasteiger charge is -2.22. The summed E-state index contributed by atoms with van der Waals surface area (Å²) in [4.78, 5) is 57.5. The van der Waals surface area contributed by atoms with E-state index >= 15 is 0 Å². The predicted octanol–water partition coefficient (Wildman–Crippen LogP) is -2.96. The number of hydrogen-bond acceptors (Lipinski definition) is 6. The molecule has 0 saturated heterocycles. The van der Waals surface area contributed by atoms with Gasteiger partial charge >= 0.3 is 5.97 Å². The second-order valence-corrected chi connectivity index (χ2v) is 5.87. The number of carboxylic acid groups (broad SMARTS) is 1. The average molecular weight is 359 g/mol. The van der Waals surface area contributed by atoms with Crippen LogP contribution >= 0.6 is 0 Å². The molecule has 0 aromatic carbocycles. The van der Waals surface area contributed by atoms with E-state index < -0.39 is 66.6 Å². The summed E-state index contributed by atoms with van der Waals surface area (Å²) in [6, 6.07) is -3.38. The van der Waals surface area contributed by atoms with E-state index in [2.05, 4.69) is 16.0 Å². The normalized spacial score (nSPS) is 14.1. The van der Waals surface area contributed by atoms with Gasteiger partial charge in [0.1, 0.15) is 12.1 Å². The monoisotopic (exact) mass is 359 g/mol. The minimum atomic E-state index is -1.36. The highest BCUT2D eigenvalue weighted by Crippen LogP contribution is 2.03. The lowest BCUT2D eigenvalue weighted by Crippen LogP contribution is -2.55. The quantitative estimate of drug-likeness (QED) is 0.239. The molecule has 0 saturated carbocycles. The number of hydrogen-bond donors (Lipinski definition) is 6. The van der Waals surface area contributed by atoms with Crippen LogP contribution in [-0.2, 0) is 24.0 Å². The standard InChI is InChI=1S/C14H25N5O6/c1-6(2)11(14(24)25)19-13(23)8(4-9(16)20)18-10(21)5-17-12(22)7(3)15/h6-8,11H,4-5,15H2,1-3H3,(H2,16,20)(H,17,22)(H,18,21)(H,19,23)(H,24,25). The number of carbonyl (C=O) groups excluding carboxylic acids is 4. The topological polar surface area (TPSA) is 194 Å². The first-order valence-electron chi connectivity index (χ1n) is 7.59. The Morgan fingerprint density at radius 3 is 1.96 bits per heavy atom. The van der Waals surface area contributed by atoms with Gasteiger partial charge in [-0.15, -0.1) is 0 Å². The van der Waals surface area contributed by atoms with Crippen molar-refractivity contribution in [1.29, 1.82) is 0 Å². The third kappa shape index (κ3) is 8.65. The first kappa shape index (κ1) is 22.3. The lowest BCUT2D eigenvalue weighted by molar-refractivity contribution is -0.143. The van der Waals surface area contributed by atoms with Crippen LogP contribution in [0, 0.1) is 5.92 Å². The van der Waals surface area contributed by atoms with E-state index in [1.807, 2.05) is 0 Å². The van der Waals surface area contributed by atoms with Gasteiger partial charge in [0, 0.05) is 0 Å². The average Bonchev–Trinajstić information content (AvgIpc) is 2.47. The van der Waals surface area contributed by atoms with Crippen LogP contribution in [0.5, 0.6) is 0 Å². The minimum absolute atomic E-state index is 0.420. The zero-order valence-electron chi connectivity index (χ0n) is 14.4. The summed E-state index contributed by atoms with van der Waals surface area (Å²) in [6.07, 6.45) is -0.525. The van der Waals surface area contributed by atoms with Gasteiger partial charge in [-0.25, -0.2) is 4.79 Å². The van der Waals surface area contributed by atoms with Crippen molar-refractivity contribution in [2.24, 2.45) is 17.4 Å². The van der Waals surface area contributed by atoms with Crippen molar-refractivity contribution in [2.75, 3.05) is 6.54 Å². The van der Waals surface area contributed by atoms with Crippen LogP contribution in [0.15, 0.2) is 0 Å². The maximum Gasteiger partial charge on any atom is 0.326 e. The second-order valence-electron chi connectivity index (χ2n) is 5.87. The molecule has 0 aliphatic heterocycles. The Morgan fingerprint density at radius 1 is 1.00 bits per heavy atom. The summed E-state index contributed by atoms with van der Waals surface area (Å²) in [7, 11) is 0. The molecule has 0 heterocycles. The summed E-state index contributed by atoms with van der Waals surface area (Å²) in [5.74, 6) is -4.74. The molecular weight excluding hydrogens is 334 g/mol. The molecule has 0 radical (unpaired) electrons. The van der Waals surface area contributed by atoms with Crippen LogP contribution in [0.4, 0.5) is 0 Å². The van der Waals surface area contributed by atoms with E-state index in [0.717, 1.165) is 0 Å². The van der Waals surface area contributed by atoms with Gasteiger partial charge in [-0.3, -0.25) is 19.2 Å². The molecule has 0 aliphatic rings. The lowest BCUT2D eigenvalue weighted by atomic mass is 10.0. The van der Waals surface area contributed by atoms with Gasteiger partial charge in [-0.1, -0.05) is 13.8 Å². The number of carbonyl (C=O) groups is 5. The molecule has 0 aromatic heterocycles. The van der Waals surface area contributed by atoms with Gasteiger partial charge < -0.3 is 32.5 Å². The highest BCUT2D eigenvalue weighted by Gasteiger charge is 2.29. The molecule has 11 heteroatoms. The molecular formula is C14H25N5O6. The fourth-order valence-corrected chi connectivity index (χ4v) is 1.75. The minimum Gasteiger partial charge on any atom is -0.480 e. The fourth-order valence-electron chi connectivity index (χ4n) is 1.75. The van der Waals surface area contributed by atoms with Crippen LogP contribution in [0.2, 0.25) is 0 Å². The molecule has 3 atom stereocenters. The molecule has 4 amide bonds. The third-order valence-corrected chi connectivity index (χ3v) is 3.12.